The molecule has 0 saturated heterocycles. The first-order valence-corrected chi connectivity index (χ1v) is 6.04. The van der Waals surface area contributed by atoms with Crippen LogP contribution in [0.5, 0.6) is 5.75 Å². The Labute approximate surface area is 123 Å². The molecule has 0 saturated carbocycles. The lowest BCUT2D eigenvalue weighted by atomic mass is 10.2. The van der Waals surface area contributed by atoms with Crippen molar-refractivity contribution in [1.29, 1.82) is 0 Å². The second-order valence-corrected chi connectivity index (χ2v) is 4.30. The van der Waals surface area contributed by atoms with Gasteiger partial charge in [0, 0.05) is 6.07 Å². The molecule has 0 fully saturated rings. The molecule has 0 aliphatic carbocycles. The van der Waals surface area contributed by atoms with Gasteiger partial charge in [-0.25, -0.2) is 5.84 Å². The minimum atomic E-state index is -0.566. The smallest absolute Gasteiger partial charge is 0.273 e. The summed E-state index contributed by atoms with van der Waals surface area (Å²) in [6.45, 7) is -0.128. The zero-order valence-electron chi connectivity index (χ0n) is 10.5. The Morgan fingerprint density at radius 3 is 2.90 bits per heavy atom. The van der Waals surface area contributed by atoms with Gasteiger partial charge in [-0.3, -0.25) is 20.3 Å². The molecule has 0 aliphatic rings. The van der Waals surface area contributed by atoms with Crippen LogP contribution in [0.25, 0.3) is 0 Å². The van der Waals surface area contributed by atoms with Gasteiger partial charge in [-0.1, -0.05) is 11.6 Å². The fourth-order valence-electron chi connectivity index (χ4n) is 1.59. The Balaban J connectivity index is 2.17. The van der Waals surface area contributed by atoms with E-state index in [9.17, 15) is 14.9 Å². The largest absolute Gasteiger partial charge is 0.484 e. The van der Waals surface area contributed by atoms with Gasteiger partial charge in [0.2, 0.25) is 0 Å². The van der Waals surface area contributed by atoms with Crippen LogP contribution in [-0.4, -0.2) is 10.8 Å². The minimum Gasteiger partial charge on any atom is -0.484 e. The van der Waals surface area contributed by atoms with Gasteiger partial charge in [0.1, 0.15) is 12.4 Å². The summed E-state index contributed by atoms with van der Waals surface area (Å²) in [6.07, 6.45) is 1.30. The Morgan fingerprint density at radius 1 is 1.48 bits per heavy atom. The molecular weight excluding hydrogens is 302 g/mol. The summed E-state index contributed by atoms with van der Waals surface area (Å²) in [5.41, 5.74) is 2.02. The monoisotopic (exact) mass is 311 g/mol. The van der Waals surface area contributed by atoms with Crippen molar-refractivity contribution in [2.75, 3.05) is 0 Å². The number of amides is 1. The molecule has 21 heavy (non-hydrogen) atoms. The van der Waals surface area contributed by atoms with E-state index in [4.69, 9.17) is 26.6 Å². The van der Waals surface area contributed by atoms with Crippen LogP contribution in [0.3, 0.4) is 0 Å². The summed E-state index contributed by atoms with van der Waals surface area (Å²) < 4.78 is 10.5. The molecule has 0 atom stereocenters. The fourth-order valence-corrected chi connectivity index (χ4v) is 1.76. The van der Waals surface area contributed by atoms with E-state index in [1.807, 2.05) is 5.43 Å². The molecule has 0 radical (unpaired) electrons. The molecular formula is C12H10ClN3O5. The number of nitrogens with zero attached hydrogens (tertiary/aromatic N) is 1. The molecule has 3 N–H and O–H groups in total. The second-order valence-electron chi connectivity index (χ2n) is 3.89. The minimum absolute atomic E-state index is 0.112. The summed E-state index contributed by atoms with van der Waals surface area (Å²) in [5, 5.41) is 10.9. The van der Waals surface area contributed by atoms with E-state index >= 15 is 0 Å². The molecule has 0 unspecified atom stereocenters. The Hall–Kier alpha value is -2.58. The van der Waals surface area contributed by atoms with Gasteiger partial charge in [-0.15, -0.1) is 0 Å². The number of carbonyl (C=O) groups excluding carboxylic acids is 1. The number of nitrogens with one attached hydrogen (secondary N) is 1. The number of benzene rings is 1. The number of rotatable bonds is 5. The molecule has 8 nitrogen and oxygen atoms in total. The SMILES string of the molecule is NNC(=O)c1ccoc1COc1cc([N+](=O)[O-])ccc1Cl. The van der Waals surface area contributed by atoms with Crippen molar-refractivity contribution in [1.82, 2.24) is 5.43 Å². The van der Waals surface area contributed by atoms with Gasteiger partial charge in [-0.05, 0) is 12.1 Å². The van der Waals surface area contributed by atoms with Crippen LogP contribution in [0.15, 0.2) is 34.9 Å². The first-order valence-electron chi connectivity index (χ1n) is 5.67. The molecule has 1 aromatic heterocycles. The van der Waals surface area contributed by atoms with Gasteiger partial charge in [0.15, 0.2) is 5.76 Å². The average Bonchev–Trinajstić information content (AvgIpc) is 2.93. The van der Waals surface area contributed by atoms with Crippen molar-refractivity contribution in [2.45, 2.75) is 6.61 Å². The third-order valence-electron chi connectivity index (χ3n) is 2.61. The average molecular weight is 312 g/mol. The molecule has 0 spiro atoms. The zero-order valence-corrected chi connectivity index (χ0v) is 11.3. The number of ether oxygens (including phenoxy) is 1. The van der Waals surface area contributed by atoms with E-state index in [1.54, 1.807) is 0 Å². The number of nitro benzene ring substituents is 1. The maximum atomic E-state index is 11.5. The molecule has 110 valence electrons. The van der Waals surface area contributed by atoms with Crippen molar-refractivity contribution in [3.63, 3.8) is 0 Å². The molecule has 1 amide bonds. The Morgan fingerprint density at radius 2 is 2.24 bits per heavy atom. The standard InChI is InChI=1S/C12H10ClN3O5/c13-9-2-1-7(16(18)19)5-10(9)21-6-11-8(3-4-20-11)12(17)15-14/h1-5H,6,14H2,(H,15,17). The Kier molecular flexibility index (Phi) is 4.41. The Bertz CT molecular complexity index is 685. The molecule has 1 heterocycles. The van der Waals surface area contributed by atoms with Crippen LogP contribution in [-0.2, 0) is 6.61 Å². The zero-order chi connectivity index (χ0) is 15.4. The number of hydrogen-bond donors (Lipinski definition) is 2. The topological polar surface area (TPSA) is 121 Å². The van der Waals surface area contributed by atoms with Crippen molar-refractivity contribution >= 4 is 23.2 Å². The van der Waals surface area contributed by atoms with Crippen LogP contribution < -0.4 is 16.0 Å². The van der Waals surface area contributed by atoms with Crippen molar-refractivity contribution in [3.05, 3.63) is 57.0 Å². The first kappa shape index (κ1) is 14.8. The second kappa shape index (κ2) is 6.25. The molecule has 2 rings (SSSR count). The van der Waals surface area contributed by atoms with Crippen LogP contribution in [0.2, 0.25) is 5.02 Å². The molecule has 0 aliphatic heterocycles. The van der Waals surface area contributed by atoms with E-state index in [0.29, 0.717) is 0 Å². The van der Waals surface area contributed by atoms with Crippen LogP contribution >= 0.6 is 11.6 Å². The van der Waals surface area contributed by atoms with Crippen LogP contribution in [0.4, 0.5) is 5.69 Å². The summed E-state index contributed by atoms with van der Waals surface area (Å²) in [4.78, 5) is 21.6. The molecule has 2 aromatic rings. The number of furan rings is 1. The van der Waals surface area contributed by atoms with Gasteiger partial charge in [0.25, 0.3) is 11.6 Å². The highest BCUT2D eigenvalue weighted by molar-refractivity contribution is 6.32. The number of nitrogens with two attached hydrogens (primary N) is 1. The summed E-state index contributed by atoms with van der Waals surface area (Å²) in [6, 6.07) is 5.23. The van der Waals surface area contributed by atoms with Gasteiger partial charge < -0.3 is 9.15 Å². The number of carbonyl (C=O) groups is 1. The summed E-state index contributed by atoms with van der Waals surface area (Å²) >= 11 is 5.89. The fraction of sp³-hybridized carbons (Fsp3) is 0.0833. The van der Waals surface area contributed by atoms with Gasteiger partial charge >= 0.3 is 0 Å². The third kappa shape index (κ3) is 3.30. The summed E-state index contributed by atoms with van der Waals surface area (Å²) in [7, 11) is 0. The molecule has 0 bridgehead atoms. The summed E-state index contributed by atoms with van der Waals surface area (Å²) in [5.74, 6) is 4.84. The first-order chi connectivity index (χ1) is 10.0. The number of nitro groups is 1. The number of non-ortho nitro benzene ring substituents is 1. The maximum absolute atomic E-state index is 11.5. The van der Waals surface area contributed by atoms with Crippen molar-refractivity contribution < 1.29 is 18.9 Å². The predicted molar refractivity (Wildman–Crippen MR) is 72.8 cm³/mol. The van der Waals surface area contributed by atoms with Crippen molar-refractivity contribution in [2.24, 2.45) is 5.84 Å². The number of hydrogen-bond acceptors (Lipinski definition) is 6. The lowest BCUT2D eigenvalue weighted by molar-refractivity contribution is -0.384. The highest BCUT2D eigenvalue weighted by Crippen LogP contribution is 2.29. The predicted octanol–water partition coefficient (Wildman–Crippen LogP) is 2.02. The van der Waals surface area contributed by atoms with Crippen molar-refractivity contribution in [3.8, 4) is 5.75 Å². The molecule has 9 heteroatoms. The highest BCUT2D eigenvalue weighted by Gasteiger charge is 2.16. The lowest BCUT2D eigenvalue weighted by Crippen LogP contribution is -2.30. The maximum Gasteiger partial charge on any atom is 0.273 e. The van der Waals surface area contributed by atoms with E-state index in [-0.39, 0.29) is 34.4 Å². The quantitative estimate of drug-likeness (QED) is 0.377. The van der Waals surface area contributed by atoms with E-state index in [1.165, 1.54) is 30.5 Å². The third-order valence-corrected chi connectivity index (χ3v) is 2.92. The lowest BCUT2D eigenvalue weighted by Gasteiger charge is -2.07. The van der Waals surface area contributed by atoms with Crippen LogP contribution in [0, 0.1) is 10.1 Å². The van der Waals surface area contributed by atoms with E-state index in [0.717, 1.165) is 0 Å². The van der Waals surface area contributed by atoms with E-state index < -0.39 is 10.8 Å². The number of nitrogen functional groups attached to an aromatic ring is 1. The number of hydrazine groups is 1. The number of halogens is 1. The highest BCUT2D eigenvalue weighted by atomic mass is 35.5. The van der Waals surface area contributed by atoms with Gasteiger partial charge in [-0.2, -0.15) is 0 Å². The normalized spacial score (nSPS) is 10.2. The molecule has 1 aromatic carbocycles. The van der Waals surface area contributed by atoms with Crippen LogP contribution in [0.1, 0.15) is 16.1 Å². The van der Waals surface area contributed by atoms with Gasteiger partial charge in [0.05, 0.1) is 27.8 Å². The van der Waals surface area contributed by atoms with E-state index in [2.05, 4.69) is 0 Å².